The summed E-state index contributed by atoms with van der Waals surface area (Å²) in [4.78, 5) is 23.2. The first-order chi connectivity index (χ1) is 8.31. The maximum Gasteiger partial charge on any atom is 0.227 e. The average molecular weight is 251 g/mol. The lowest BCUT2D eigenvalue weighted by molar-refractivity contribution is -0.138. The molecule has 1 unspecified atom stereocenters. The van der Waals surface area contributed by atoms with Crippen LogP contribution in [-0.4, -0.2) is 11.8 Å². The number of rotatable bonds is 0. The van der Waals surface area contributed by atoms with Crippen LogP contribution < -0.4 is 5.32 Å². The van der Waals surface area contributed by atoms with Crippen molar-refractivity contribution in [2.75, 3.05) is 0 Å². The number of hydrogen-bond donors (Lipinski definition) is 1. The van der Waals surface area contributed by atoms with Crippen molar-refractivity contribution in [2.24, 2.45) is 16.7 Å². The largest absolute Gasteiger partial charge is 0.296 e. The molecule has 1 N–H and O–H groups in total. The number of carbonyl (C=O) groups is 2. The molecular formula is C15H25NO2. The number of amides is 2. The fourth-order valence-electron chi connectivity index (χ4n) is 3.68. The van der Waals surface area contributed by atoms with E-state index in [1.54, 1.807) is 0 Å². The topological polar surface area (TPSA) is 46.2 Å². The molecule has 0 bridgehead atoms. The van der Waals surface area contributed by atoms with Gasteiger partial charge in [0, 0.05) is 12.8 Å². The van der Waals surface area contributed by atoms with Crippen LogP contribution in [0.15, 0.2) is 0 Å². The zero-order valence-electron chi connectivity index (χ0n) is 11.8. The smallest absolute Gasteiger partial charge is 0.227 e. The molecule has 0 aromatic heterocycles. The highest BCUT2D eigenvalue weighted by molar-refractivity contribution is 5.98. The molecule has 2 rings (SSSR count). The molecule has 1 saturated carbocycles. The monoisotopic (exact) mass is 251 g/mol. The SMILES string of the molecule is CC(C)(C)C1CCCC2(CC1)CC(=O)NC(=O)C2. The lowest BCUT2D eigenvalue weighted by Gasteiger charge is -2.35. The normalized spacial score (nSPS) is 28.9. The number of nitrogens with one attached hydrogen (secondary N) is 1. The van der Waals surface area contributed by atoms with Crippen molar-refractivity contribution in [1.82, 2.24) is 5.32 Å². The van der Waals surface area contributed by atoms with Crippen LogP contribution in [0.4, 0.5) is 0 Å². The first-order valence-corrected chi connectivity index (χ1v) is 7.13. The van der Waals surface area contributed by atoms with E-state index < -0.39 is 0 Å². The molecule has 18 heavy (non-hydrogen) atoms. The maximum absolute atomic E-state index is 11.6. The third kappa shape index (κ3) is 2.93. The summed E-state index contributed by atoms with van der Waals surface area (Å²) in [5.74, 6) is 0.581. The molecule has 1 saturated heterocycles. The zero-order chi connectivity index (χ0) is 13.4. The number of hydrogen-bond acceptors (Lipinski definition) is 2. The van der Waals surface area contributed by atoms with Crippen molar-refractivity contribution in [3.63, 3.8) is 0 Å². The van der Waals surface area contributed by atoms with Crippen LogP contribution in [0.5, 0.6) is 0 Å². The molecule has 3 nitrogen and oxygen atoms in total. The van der Waals surface area contributed by atoms with Gasteiger partial charge in [0.15, 0.2) is 0 Å². The van der Waals surface area contributed by atoms with E-state index in [1.807, 2.05) is 0 Å². The van der Waals surface area contributed by atoms with Gasteiger partial charge < -0.3 is 0 Å². The van der Waals surface area contributed by atoms with Crippen LogP contribution in [0, 0.1) is 16.7 Å². The van der Waals surface area contributed by atoms with Gasteiger partial charge in [-0.15, -0.1) is 0 Å². The summed E-state index contributed by atoms with van der Waals surface area (Å²) >= 11 is 0. The van der Waals surface area contributed by atoms with Gasteiger partial charge in [-0.3, -0.25) is 14.9 Å². The van der Waals surface area contributed by atoms with Gasteiger partial charge in [0.2, 0.25) is 11.8 Å². The maximum atomic E-state index is 11.6. The second-order valence-electron chi connectivity index (χ2n) is 7.32. The van der Waals surface area contributed by atoms with E-state index >= 15 is 0 Å². The van der Waals surface area contributed by atoms with E-state index in [4.69, 9.17) is 0 Å². The Morgan fingerprint density at radius 3 is 2.22 bits per heavy atom. The molecule has 102 valence electrons. The van der Waals surface area contributed by atoms with Crippen LogP contribution in [0.3, 0.4) is 0 Å². The van der Waals surface area contributed by atoms with Crippen molar-refractivity contribution in [2.45, 2.75) is 65.7 Å². The summed E-state index contributed by atoms with van der Waals surface area (Å²) in [5, 5.41) is 2.43. The minimum absolute atomic E-state index is 0.0284. The van der Waals surface area contributed by atoms with Crippen molar-refractivity contribution in [1.29, 1.82) is 0 Å². The predicted molar refractivity (Wildman–Crippen MR) is 70.8 cm³/mol. The van der Waals surface area contributed by atoms with Gasteiger partial charge in [-0.1, -0.05) is 27.2 Å². The molecule has 1 spiro atoms. The summed E-state index contributed by atoms with van der Waals surface area (Å²) < 4.78 is 0. The van der Waals surface area contributed by atoms with Gasteiger partial charge in [-0.25, -0.2) is 0 Å². The predicted octanol–water partition coefficient (Wildman–Crippen LogP) is 3.04. The number of piperidine rings is 1. The molecule has 2 aliphatic rings. The van der Waals surface area contributed by atoms with Crippen LogP contribution in [0.2, 0.25) is 0 Å². The first-order valence-electron chi connectivity index (χ1n) is 7.13. The van der Waals surface area contributed by atoms with Crippen molar-refractivity contribution >= 4 is 11.8 Å². The Balaban J connectivity index is 2.08. The van der Waals surface area contributed by atoms with Crippen LogP contribution in [0.25, 0.3) is 0 Å². The molecule has 2 fully saturated rings. The van der Waals surface area contributed by atoms with Crippen molar-refractivity contribution in [3.05, 3.63) is 0 Å². The molecule has 1 heterocycles. The highest BCUT2D eigenvalue weighted by Gasteiger charge is 2.42. The Hall–Kier alpha value is -0.860. The average Bonchev–Trinajstić information content (AvgIpc) is 2.38. The Bertz CT molecular complexity index is 338. The minimum atomic E-state index is -0.0690. The Morgan fingerprint density at radius 1 is 1.06 bits per heavy atom. The van der Waals surface area contributed by atoms with Crippen molar-refractivity contribution in [3.8, 4) is 0 Å². The second-order valence-corrected chi connectivity index (χ2v) is 7.32. The fourth-order valence-corrected chi connectivity index (χ4v) is 3.68. The number of imide groups is 1. The molecule has 3 heteroatoms. The fraction of sp³-hybridized carbons (Fsp3) is 0.867. The van der Waals surface area contributed by atoms with E-state index in [2.05, 4.69) is 26.1 Å². The molecule has 0 aromatic rings. The van der Waals surface area contributed by atoms with E-state index in [9.17, 15) is 9.59 Å². The van der Waals surface area contributed by atoms with Gasteiger partial charge >= 0.3 is 0 Å². The van der Waals surface area contributed by atoms with Gasteiger partial charge in [-0.2, -0.15) is 0 Å². The van der Waals surface area contributed by atoms with E-state index in [0.29, 0.717) is 18.3 Å². The summed E-state index contributed by atoms with van der Waals surface area (Å²) in [7, 11) is 0. The highest BCUT2D eigenvalue weighted by atomic mass is 16.2. The van der Waals surface area contributed by atoms with Crippen molar-refractivity contribution < 1.29 is 9.59 Å². The molecular weight excluding hydrogens is 226 g/mol. The zero-order valence-corrected chi connectivity index (χ0v) is 11.8. The standard InChI is InChI=1S/C15H25NO2/c1-14(2,3)11-5-4-7-15(8-6-11)9-12(17)16-13(18)10-15/h11H,4-10H2,1-3H3,(H,16,17,18). The number of carbonyl (C=O) groups excluding carboxylic acids is 2. The lowest BCUT2D eigenvalue weighted by Crippen LogP contribution is -2.44. The summed E-state index contributed by atoms with van der Waals surface area (Å²) in [6.45, 7) is 6.90. The first kappa shape index (κ1) is 13.6. The van der Waals surface area contributed by atoms with Crippen LogP contribution in [0.1, 0.15) is 65.7 Å². The summed E-state index contributed by atoms with van der Waals surface area (Å²) in [6, 6.07) is 0. The Kier molecular flexibility index (Phi) is 3.52. The second kappa shape index (κ2) is 4.67. The summed E-state index contributed by atoms with van der Waals surface area (Å²) in [5.41, 5.74) is 0.311. The third-order valence-corrected chi connectivity index (χ3v) is 4.86. The molecule has 1 atom stereocenters. The Labute approximate surface area is 110 Å². The molecule has 0 aromatic carbocycles. The quantitative estimate of drug-likeness (QED) is 0.673. The molecule has 1 aliphatic carbocycles. The highest BCUT2D eigenvalue weighted by Crippen LogP contribution is 2.47. The molecule has 2 amide bonds. The Morgan fingerprint density at radius 2 is 1.67 bits per heavy atom. The van der Waals surface area contributed by atoms with Gasteiger partial charge in [0.1, 0.15) is 0 Å². The third-order valence-electron chi connectivity index (χ3n) is 4.86. The van der Waals surface area contributed by atoms with Crippen LogP contribution in [-0.2, 0) is 9.59 Å². The lowest BCUT2D eigenvalue weighted by atomic mass is 9.71. The van der Waals surface area contributed by atoms with Gasteiger partial charge in [0.25, 0.3) is 0 Å². The molecule has 0 radical (unpaired) electrons. The van der Waals surface area contributed by atoms with E-state index in [-0.39, 0.29) is 17.2 Å². The van der Waals surface area contributed by atoms with Crippen LogP contribution >= 0.6 is 0 Å². The minimum Gasteiger partial charge on any atom is -0.296 e. The van der Waals surface area contributed by atoms with E-state index in [1.165, 1.54) is 6.42 Å². The van der Waals surface area contributed by atoms with Gasteiger partial charge in [-0.05, 0) is 42.4 Å². The van der Waals surface area contributed by atoms with E-state index in [0.717, 1.165) is 31.6 Å². The van der Waals surface area contributed by atoms with Gasteiger partial charge in [0.05, 0.1) is 0 Å². The molecule has 1 aliphatic heterocycles. The summed E-state index contributed by atoms with van der Waals surface area (Å²) in [6.07, 6.45) is 6.73.